The number of H-pyrrole nitrogens is 1. The van der Waals surface area contributed by atoms with Crippen LogP contribution in [0.3, 0.4) is 0 Å². The van der Waals surface area contributed by atoms with Crippen molar-refractivity contribution in [2.75, 3.05) is 6.54 Å². The summed E-state index contributed by atoms with van der Waals surface area (Å²) in [5, 5.41) is 3.76. The number of hydrogen-bond donors (Lipinski definition) is 3. The van der Waals surface area contributed by atoms with E-state index in [0.717, 1.165) is 18.2 Å². The number of halogens is 1. The summed E-state index contributed by atoms with van der Waals surface area (Å²) in [6.45, 7) is 2.36. The third-order valence-corrected chi connectivity index (χ3v) is 4.30. The van der Waals surface area contributed by atoms with E-state index in [2.05, 4.69) is 10.3 Å². The molecule has 118 valence electrons. The molecule has 5 nitrogen and oxygen atoms in total. The van der Waals surface area contributed by atoms with Crippen LogP contribution in [0.15, 0.2) is 35.1 Å². The predicted molar refractivity (Wildman–Crippen MR) is 89.5 cm³/mol. The van der Waals surface area contributed by atoms with Crippen molar-refractivity contribution in [2.24, 2.45) is 11.7 Å². The number of nitrogens with two attached hydrogens (primary N) is 1. The molecule has 1 unspecified atom stereocenters. The fraction of sp³-hybridized carbons (Fsp3) is 0.375. The molecule has 1 aliphatic carbocycles. The van der Waals surface area contributed by atoms with Gasteiger partial charge in [-0.3, -0.25) is 9.59 Å². The molecule has 1 aromatic heterocycles. The van der Waals surface area contributed by atoms with Crippen LogP contribution in [0.5, 0.6) is 0 Å². The molecule has 3 rings (SSSR count). The molecule has 0 saturated heterocycles. The third kappa shape index (κ3) is 3.00. The minimum atomic E-state index is -0.402. The number of amides is 1. The fourth-order valence-corrected chi connectivity index (χ4v) is 2.76. The van der Waals surface area contributed by atoms with Crippen LogP contribution >= 0.6 is 12.4 Å². The molecule has 4 N–H and O–H groups in total. The van der Waals surface area contributed by atoms with Crippen LogP contribution in [0.1, 0.15) is 30.1 Å². The predicted octanol–water partition coefficient (Wildman–Crippen LogP) is 1.81. The smallest absolute Gasteiger partial charge is 0.252 e. The van der Waals surface area contributed by atoms with E-state index in [1.807, 2.05) is 25.1 Å². The van der Waals surface area contributed by atoms with Gasteiger partial charge in [-0.05, 0) is 31.7 Å². The second-order valence-corrected chi connectivity index (χ2v) is 5.94. The summed E-state index contributed by atoms with van der Waals surface area (Å²) >= 11 is 0. The molecule has 1 aromatic carbocycles. The molecular weight excluding hydrogens is 302 g/mol. The lowest BCUT2D eigenvalue weighted by atomic mass is 9.95. The topological polar surface area (TPSA) is 88.0 Å². The van der Waals surface area contributed by atoms with Crippen molar-refractivity contribution in [2.45, 2.75) is 25.3 Å². The molecule has 6 heteroatoms. The van der Waals surface area contributed by atoms with Gasteiger partial charge in [-0.2, -0.15) is 0 Å². The van der Waals surface area contributed by atoms with Crippen LogP contribution in [0, 0.1) is 5.92 Å². The van der Waals surface area contributed by atoms with Crippen molar-refractivity contribution in [3.63, 3.8) is 0 Å². The van der Waals surface area contributed by atoms with Gasteiger partial charge in [0.2, 0.25) is 5.56 Å². The standard InChI is InChI=1S/C16H19N3O2.ClH/c1-16(9-17,10-6-7-10)19-15(21)12-8-14(20)18-13-5-3-2-4-11(12)13;/h2-5,8,10H,6-7,9,17H2,1H3,(H,18,20)(H,19,21);1H. The van der Waals surface area contributed by atoms with Crippen molar-refractivity contribution in [1.29, 1.82) is 0 Å². The van der Waals surface area contributed by atoms with E-state index in [0.29, 0.717) is 23.5 Å². The zero-order valence-corrected chi connectivity index (χ0v) is 13.2. The lowest BCUT2D eigenvalue weighted by Gasteiger charge is -2.29. The summed E-state index contributed by atoms with van der Waals surface area (Å²) in [6.07, 6.45) is 2.17. The maximum Gasteiger partial charge on any atom is 0.252 e. The first-order valence-corrected chi connectivity index (χ1v) is 7.18. The highest BCUT2D eigenvalue weighted by Gasteiger charge is 2.41. The number of carbonyl (C=O) groups excluding carboxylic acids is 1. The Morgan fingerprint density at radius 2 is 2.09 bits per heavy atom. The number of nitrogens with one attached hydrogen (secondary N) is 2. The highest BCUT2D eigenvalue weighted by Crippen LogP contribution is 2.39. The largest absolute Gasteiger partial charge is 0.345 e. The molecule has 1 aliphatic rings. The van der Waals surface area contributed by atoms with E-state index in [4.69, 9.17) is 5.73 Å². The van der Waals surface area contributed by atoms with Crippen LogP contribution in [0.25, 0.3) is 10.9 Å². The quantitative estimate of drug-likeness (QED) is 0.802. The zero-order valence-electron chi connectivity index (χ0n) is 12.4. The maximum atomic E-state index is 12.6. The van der Waals surface area contributed by atoms with Gasteiger partial charge in [-0.15, -0.1) is 12.4 Å². The zero-order chi connectivity index (χ0) is 15.0. The lowest BCUT2D eigenvalue weighted by molar-refractivity contribution is 0.0899. The molecule has 22 heavy (non-hydrogen) atoms. The summed E-state index contributed by atoms with van der Waals surface area (Å²) in [7, 11) is 0. The van der Waals surface area contributed by atoms with E-state index in [1.54, 1.807) is 6.07 Å². The van der Waals surface area contributed by atoms with Gasteiger partial charge >= 0.3 is 0 Å². The van der Waals surface area contributed by atoms with Crippen LogP contribution in [0.2, 0.25) is 0 Å². The Bertz CT molecular complexity index is 754. The van der Waals surface area contributed by atoms with E-state index in [9.17, 15) is 9.59 Å². The number of para-hydroxylation sites is 1. The molecule has 0 spiro atoms. The highest BCUT2D eigenvalue weighted by molar-refractivity contribution is 6.06. The molecule has 1 amide bonds. The molecule has 0 radical (unpaired) electrons. The van der Waals surface area contributed by atoms with Gasteiger partial charge in [0.05, 0.1) is 11.1 Å². The number of pyridine rings is 1. The van der Waals surface area contributed by atoms with Crippen LogP contribution in [-0.4, -0.2) is 23.0 Å². The van der Waals surface area contributed by atoms with Crippen LogP contribution < -0.4 is 16.6 Å². The first-order valence-electron chi connectivity index (χ1n) is 7.18. The SMILES string of the molecule is CC(CN)(NC(=O)c1cc(=O)[nH]c2ccccc12)C1CC1.Cl. The van der Waals surface area contributed by atoms with E-state index >= 15 is 0 Å². The van der Waals surface area contributed by atoms with Gasteiger partial charge in [0.1, 0.15) is 0 Å². The molecular formula is C16H20ClN3O2. The summed E-state index contributed by atoms with van der Waals surface area (Å²) < 4.78 is 0. The average Bonchev–Trinajstić information content (AvgIpc) is 3.31. The van der Waals surface area contributed by atoms with Crippen molar-refractivity contribution in [1.82, 2.24) is 10.3 Å². The molecule has 0 aliphatic heterocycles. The molecule has 1 saturated carbocycles. The number of aromatic amines is 1. The third-order valence-electron chi connectivity index (χ3n) is 4.30. The summed E-state index contributed by atoms with van der Waals surface area (Å²) in [5.41, 5.74) is 6.22. The Morgan fingerprint density at radius 1 is 1.41 bits per heavy atom. The number of fused-ring (bicyclic) bond motifs is 1. The Balaban J connectivity index is 0.00000176. The summed E-state index contributed by atoms with van der Waals surface area (Å²) in [4.78, 5) is 27.1. The maximum absolute atomic E-state index is 12.6. The molecule has 0 bridgehead atoms. The second kappa shape index (κ2) is 6.10. The minimum absolute atomic E-state index is 0. The van der Waals surface area contributed by atoms with Crippen LogP contribution in [-0.2, 0) is 0 Å². The molecule has 1 atom stereocenters. The van der Waals surface area contributed by atoms with Gasteiger partial charge in [0, 0.05) is 23.5 Å². The minimum Gasteiger partial charge on any atom is -0.345 e. The Labute approximate surface area is 134 Å². The average molecular weight is 322 g/mol. The number of hydrogen-bond acceptors (Lipinski definition) is 3. The normalized spacial score (nSPS) is 16.6. The highest BCUT2D eigenvalue weighted by atomic mass is 35.5. The van der Waals surface area contributed by atoms with Gasteiger partial charge in [-0.25, -0.2) is 0 Å². The van der Waals surface area contributed by atoms with E-state index in [1.165, 1.54) is 6.07 Å². The number of aromatic nitrogens is 1. The number of carbonyl (C=O) groups is 1. The van der Waals surface area contributed by atoms with Gasteiger partial charge in [-0.1, -0.05) is 18.2 Å². The number of benzene rings is 1. The van der Waals surface area contributed by atoms with Crippen molar-refractivity contribution < 1.29 is 4.79 Å². The van der Waals surface area contributed by atoms with E-state index < -0.39 is 5.54 Å². The van der Waals surface area contributed by atoms with Crippen molar-refractivity contribution >= 4 is 29.2 Å². The van der Waals surface area contributed by atoms with E-state index in [-0.39, 0.29) is 23.9 Å². The second-order valence-electron chi connectivity index (χ2n) is 5.94. The summed E-state index contributed by atoms with van der Waals surface area (Å²) in [5.74, 6) is 0.192. The Kier molecular flexibility index (Phi) is 4.58. The first kappa shape index (κ1) is 16.5. The lowest BCUT2D eigenvalue weighted by Crippen LogP contribution is -2.53. The fourth-order valence-electron chi connectivity index (χ4n) is 2.76. The Morgan fingerprint density at radius 3 is 2.73 bits per heavy atom. The van der Waals surface area contributed by atoms with Crippen LogP contribution in [0.4, 0.5) is 0 Å². The first-order chi connectivity index (χ1) is 10.0. The molecule has 1 fully saturated rings. The Hall–Kier alpha value is -1.85. The monoisotopic (exact) mass is 321 g/mol. The van der Waals surface area contributed by atoms with Gasteiger partial charge in [0.25, 0.3) is 5.91 Å². The molecule has 1 heterocycles. The van der Waals surface area contributed by atoms with Crippen molar-refractivity contribution in [3.05, 3.63) is 46.2 Å². The van der Waals surface area contributed by atoms with Crippen molar-refractivity contribution in [3.8, 4) is 0 Å². The van der Waals surface area contributed by atoms with Gasteiger partial charge < -0.3 is 16.0 Å². The van der Waals surface area contributed by atoms with Gasteiger partial charge in [0.15, 0.2) is 0 Å². The molecule has 2 aromatic rings. The number of rotatable bonds is 4. The summed E-state index contributed by atoms with van der Waals surface area (Å²) in [6, 6.07) is 8.64.